The molecule has 0 saturated carbocycles. The lowest BCUT2D eigenvalue weighted by Gasteiger charge is -2.12. The number of carbonyl (C=O) groups is 1. The predicted octanol–water partition coefficient (Wildman–Crippen LogP) is 4.33. The van der Waals surface area contributed by atoms with Crippen LogP contribution in [0.25, 0.3) is 22.5 Å². The Morgan fingerprint density at radius 2 is 1.50 bits per heavy atom. The van der Waals surface area contributed by atoms with Crippen LogP contribution in [0.15, 0.2) is 79.0 Å². The van der Waals surface area contributed by atoms with Gasteiger partial charge in [-0.15, -0.1) is 0 Å². The number of hydrogen-bond donors (Lipinski definition) is 3. The molecule has 0 aliphatic heterocycles. The zero-order valence-electron chi connectivity index (χ0n) is 17.0. The van der Waals surface area contributed by atoms with E-state index in [2.05, 4.69) is 10.3 Å². The first-order valence-electron chi connectivity index (χ1n) is 9.93. The van der Waals surface area contributed by atoms with Crippen molar-refractivity contribution in [2.24, 2.45) is 0 Å². The second-order valence-corrected chi connectivity index (χ2v) is 7.21. The van der Waals surface area contributed by atoms with E-state index in [9.17, 15) is 19.4 Å². The molecule has 0 atom stereocenters. The Kier molecular flexibility index (Phi) is 6.19. The van der Waals surface area contributed by atoms with Gasteiger partial charge in [0.1, 0.15) is 17.3 Å². The van der Waals surface area contributed by atoms with Crippen molar-refractivity contribution < 1.29 is 19.4 Å². The van der Waals surface area contributed by atoms with Crippen LogP contribution < -0.4 is 5.32 Å². The minimum Gasteiger partial charge on any atom is -0.508 e. The number of amides is 1. The minimum absolute atomic E-state index is 0.0518. The van der Waals surface area contributed by atoms with Crippen molar-refractivity contribution in [1.29, 1.82) is 0 Å². The van der Waals surface area contributed by atoms with Crippen LogP contribution in [0.2, 0.25) is 0 Å². The SMILES string of the molecule is O=C(Cc1ccc(F)cc1)Nc1ncc(-c2ccc(CO)cc2)nc1-c1ccc(O)cc1. The van der Waals surface area contributed by atoms with Crippen LogP contribution in [0.1, 0.15) is 11.1 Å². The zero-order valence-corrected chi connectivity index (χ0v) is 17.0. The Hall–Kier alpha value is -4.10. The van der Waals surface area contributed by atoms with Crippen molar-refractivity contribution >= 4 is 11.7 Å². The molecule has 1 aromatic heterocycles. The van der Waals surface area contributed by atoms with Gasteiger partial charge in [0.05, 0.1) is 24.9 Å². The molecule has 32 heavy (non-hydrogen) atoms. The number of nitrogens with one attached hydrogen (secondary N) is 1. The Morgan fingerprint density at radius 1 is 0.875 bits per heavy atom. The predicted molar refractivity (Wildman–Crippen MR) is 119 cm³/mol. The quantitative estimate of drug-likeness (QED) is 0.424. The number of aliphatic hydroxyl groups excluding tert-OH is 1. The number of aromatic hydroxyl groups is 1. The number of anilines is 1. The van der Waals surface area contributed by atoms with Crippen LogP contribution in [0.3, 0.4) is 0 Å². The molecule has 160 valence electrons. The van der Waals surface area contributed by atoms with E-state index in [-0.39, 0.29) is 36.3 Å². The number of rotatable bonds is 6. The highest BCUT2D eigenvalue weighted by atomic mass is 19.1. The fourth-order valence-corrected chi connectivity index (χ4v) is 3.19. The highest BCUT2D eigenvalue weighted by Crippen LogP contribution is 2.29. The van der Waals surface area contributed by atoms with Gasteiger partial charge in [-0.25, -0.2) is 14.4 Å². The van der Waals surface area contributed by atoms with Gasteiger partial charge >= 0.3 is 0 Å². The molecule has 3 aromatic carbocycles. The standard InChI is InChI=1S/C25H20FN3O3/c26-20-9-3-16(4-10-20)13-23(32)29-25-24(19-7-11-21(31)12-8-19)28-22(14-27-25)18-5-1-17(15-30)2-6-18/h1-12,14,30-31H,13,15H2,(H,27,29,32). The number of phenols is 1. The molecule has 0 spiro atoms. The monoisotopic (exact) mass is 429 g/mol. The third kappa shape index (κ3) is 4.96. The van der Waals surface area contributed by atoms with Gasteiger partial charge < -0.3 is 15.5 Å². The van der Waals surface area contributed by atoms with Crippen LogP contribution in [-0.2, 0) is 17.8 Å². The van der Waals surface area contributed by atoms with Crippen LogP contribution in [-0.4, -0.2) is 26.1 Å². The Bertz CT molecular complexity index is 1230. The molecule has 0 radical (unpaired) electrons. The summed E-state index contributed by atoms with van der Waals surface area (Å²) in [5.74, 6) is -0.291. The van der Waals surface area contributed by atoms with Crippen molar-refractivity contribution in [3.63, 3.8) is 0 Å². The molecule has 0 unspecified atom stereocenters. The maximum Gasteiger partial charge on any atom is 0.230 e. The van der Waals surface area contributed by atoms with Gasteiger partial charge in [0.2, 0.25) is 5.91 Å². The fraction of sp³-hybridized carbons (Fsp3) is 0.0800. The molecule has 3 N–H and O–H groups in total. The van der Waals surface area contributed by atoms with Gasteiger partial charge in [-0.2, -0.15) is 0 Å². The summed E-state index contributed by atoms with van der Waals surface area (Å²) in [7, 11) is 0. The third-order valence-corrected chi connectivity index (χ3v) is 4.88. The molecule has 7 heteroatoms. The summed E-state index contributed by atoms with van der Waals surface area (Å²) in [6, 6.07) is 19.4. The van der Waals surface area contributed by atoms with Gasteiger partial charge in [0, 0.05) is 11.1 Å². The highest BCUT2D eigenvalue weighted by Gasteiger charge is 2.15. The van der Waals surface area contributed by atoms with E-state index in [1.165, 1.54) is 24.3 Å². The number of carbonyl (C=O) groups excluding carboxylic acids is 1. The average Bonchev–Trinajstić information content (AvgIpc) is 2.81. The number of halogens is 1. The molecule has 0 saturated heterocycles. The normalized spacial score (nSPS) is 10.7. The van der Waals surface area contributed by atoms with Crippen LogP contribution in [0.4, 0.5) is 10.2 Å². The fourth-order valence-electron chi connectivity index (χ4n) is 3.19. The summed E-state index contributed by atoms with van der Waals surface area (Å²) < 4.78 is 13.1. The number of nitrogens with zero attached hydrogens (tertiary/aromatic N) is 2. The summed E-state index contributed by atoms with van der Waals surface area (Å²) in [6.45, 7) is -0.0518. The maximum atomic E-state index is 13.1. The summed E-state index contributed by atoms with van der Waals surface area (Å²) in [6.07, 6.45) is 1.62. The molecule has 1 heterocycles. The molecular weight excluding hydrogens is 409 g/mol. The average molecular weight is 429 g/mol. The molecule has 4 aromatic rings. The van der Waals surface area contributed by atoms with E-state index in [1.54, 1.807) is 42.6 Å². The van der Waals surface area contributed by atoms with Gasteiger partial charge in [0.25, 0.3) is 0 Å². The number of aromatic nitrogens is 2. The van der Waals surface area contributed by atoms with Gasteiger partial charge in [0.15, 0.2) is 5.82 Å². The molecule has 4 rings (SSSR count). The second kappa shape index (κ2) is 9.36. The van der Waals surface area contributed by atoms with E-state index in [0.29, 0.717) is 22.5 Å². The lowest BCUT2D eigenvalue weighted by Crippen LogP contribution is -2.16. The van der Waals surface area contributed by atoms with E-state index in [1.807, 2.05) is 12.1 Å². The number of hydrogen-bond acceptors (Lipinski definition) is 5. The van der Waals surface area contributed by atoms with Gasteiger partial charge in [-0.1, -0.05) is 36.4 Å². The van der Waals surface area contributed by atoms with Crippen LogP contribution in [0, 0.1) is 5.82 Å². The molecule has 0 aliphatic rings. The first kappa shape index (κ1) is 21.1. The third-order valence-electron chi connectivity index (χ3n) is 4.88. The maximum absolute atomic E-state index is 13.1. The first-order valence-corrected chi connectivity index (χ1v) is 9.93. The van der Waals surface area contributed by atoms with E-state index in [0.717, 1.165) is 11.1 Å². The molecule has 0 aliphatic carbocycles. The Labute approximate surface area is 184 Å². The Morgan fingerprint density at radius 3 is 2.16 bits per heavy atom. The second-order valence-electron chi connectivity index (χ2n) is 7.21. The first-order chi connectivity index (χ1) is 15.5. The largest absolute Gasteiger partial charge is 0.508 e. The molecular formula is C25H20FN3O3. The topological polar surface area (TPSA) is 95.3 Å². The smallest absolute Gasteiger partial charge is 0.230 e. The van der Waals surface area contributed by atoms with Crippen LogP contribution >= 0.6 is 0 Å². The van der Waals surface area contributed by atoms with Gasteiger partial charge in [-0.3, -0.25) is 4.79 Å². The molecule has 6 nitrogen and oxygen atoms in total. The van der Waals surface area contributed by atoms with E-state index >= 15 is 0 Å². The molecule has 0 fully saturated rings. The van der Waals surface area contributed by atoms with Crippen molar-refractivity contribution in [3.8, 4) is 28.3 Å². The Balaban J connectivity index is 1.66. The highest BCUT2D eigenvalue weighted by molar-refractivity contribution is 5.94. The zero-order chi connectivity index (χ0) is 22.5. The summed E-state index contributed by atoms with van der Waals surface area (Å²) in [4.78, 5) is 21.7. The molecule has 0 bridgehead atoms. The van der Waals surface area contributed by atoms with E-state index in [4.69, 9.17) is 4.98 Å². The van der Waals surface area contributed by atoms with Crippen molar-refractivity contribution in [2.45, 2.75) is 13.0 Å². The molecule has 1 amide bonds. The summed E-state index contributed by atoms with van der Waals surface area (Å²) in [5, 5.41) is 21.7. The summed E-state index contributed by atoms with van der Waals surface area (Å²) >= 11 is 0. The lowest BCUT2D eigenvalue weighted by atomic mass is 10.1. The lowest BCUT2D eigenvalue weighted by molar-refractivity contribution is -0.115. The van der Waals surface area contributed by atoms with Crippen molar-refractivity contribution in [3.05, 3.63) is 95.9 Å². The van der Waals surface area contributed by atoms with Gasteiger partial charge in [-0.05, 0) is 47.5 Å². The summed E-state index contributed by atoms with van der Waals surface area (Å²) in [5.41, 5.74) is 3.96. The number of aliphatic hydroxyl groups is 1. The van der Waals surface area contributed by atoms with Crippen LogP contribution in [0.5, 0.6) is 5.75 Å². The minimum atomic E-state index is -0.364. The van der Waals surface area contributed by atoms with Crippen molar-refractivity contribution in [1.82, 2.24) is 9.97 Å². The number of phenolic OH excluding ortho intramolecular Hbond substituents is 1. The number of benzene rings is 3. The van der Waals surface area contributed by atoms with Crippen molar-refractivity contribution in [2.75, 3.05) is 5.32 Å². The van der Waals surface area contributed by atoms with E-state index < -0.39 is 0 Å².